The summed E-state index contributed by atoms with van der Waals surface area (Å²) in [5, 5.41) is 8.53. The summed E-state index contributed by atoms with van der Waals surface area (Å²) in [6, 6.07) is 8.85. The second-order valence-electron chi connectivity index (χ2n) is 4.92. The number of carboxylic acid groups (broad SMARTS) is 1. The van der Waals surface area contributed by atoms with E-state index in [0.717, 1.165) is 11.8 Å². The van der Waals surface area contributed by atoms with Crippen molar-refractivity contribution in [2.75, 3.05) is 20.0 Å². The first-order valence-corrected chi connectivity index (χ1v) is 7.77. The predicted octanol–water partition coefficient (Wildman–Crippen LogP) is 0.914. The fourth-order valence-electron chi connectivity index (χ4n) is 2.89. The number of hydrogen-bond acceptors (Lipinski definition) is 4. The van der Waals surface area contributed by atoms with Crippen LogP contribution in [-0.2, 0) is 19.4 Å². The van der Waals surface area contributed by atoms with Crippen molar-refractivity contribution in [3.05, 3.63) is 35.9 Å². The molecule has 5 nitrogen and oxygen atoms in total. The molecule has 1 aliphatic carbocycles. The number of rotatable bonds is 5. The number of methoxy groups -OCH3 is 1. The van der Waals surface area contributed by atoms with Crippen LogP contribution in [0.5, 0.6) is 0 Å². The van der Waals surface area contributed by atoms with E-state index in [9.17, 15) is 18.3 Å². The lowest BCUT2D eigenvalue weighted by Crippen LogP contribution is -2.28. The summed E-state index contributed by atoms with van der Waals surface area (Å²) in [7, 11) is -2.08. The molecule has 1 aromatic carbocycles. The molecule has 1 aliphatic rings. The molecule has 1 fully saturated rings. The van der Waals surface area contributed by atoms with Crippen molar-refractivity contribution in [1.29, 1.82) is 0 Å². The Morgan fingerprint density at radius 3 is 2.37 bits per heavy atom. The van der Waals surface area contributed by atoms with Crippen LogP contribution >= 0.6 is 0 Å². The van der Waals surface area contributed by atoms with Crippen molar-refractivity contribution in [2.24, 2.45) is 5.41 Å². The molecule has 0 aliphatic heterocycles. The van der Waals surface area contributed by atoms with Crippen LogP contribution in [0.2, 0.25) is 0 Å². The lowest BCUT2D eigenvalue weighted by Gasteiger charge is -2.11. The zero-order valence-corrected chi connectivity index (χ0v) is 11.6. The molecule has 19 heavy (non-hydrogen) atoms. The van der Waals surface area contributed by atoms with Gasteiger partial charge in [-0.25, -0.2) is 8.42 Å². The average molecular weight is 284 g/mol. The largest absolute Gasteiger partial charge is 0.481 e. The summed E-state index contributed by atoms with van der Waals surface area (Å²) >= 11 is 0. The Bertz CT molecular complexity index is 580. The van der Waals surface area contributed by atoms with Crippen LogP contribution in [0.25, 0.3) is 0 Å². The summed E-state index contributed by atoms with van der Waals surface area (Å²) in [5.74, 6) is -1.68. The molecule has 104 valence electrons. The Kier molecular flexibility index (Phi) is 3.40. The van der Waals surface area contributed by atoms with Crippen molar-refractivity contribution in [3.63, 3.8) is 0 Å². The number of ether oxygens (including phenoxy) is 1. The van der Waals surface area contributed by atoms with Crippen molar-refractivity contribution in [3.8, 4) is 0 Å². The lowest BCUT2D eigenvalue weighted by molar-refractivity contribution is -0.145. The Morgan fingerprint density at radius 2 is 1.95 bits per heavy atom. The van der Waals surface area contributed by atoms with Gasteiger partial charge in [-0.3, -0.25) is 4.79 Å². The maximum atomic E-state index is 11.9. The number of benzene rings is 1. The molecule has 0 heterocycles. The maximum Gasteiger partial charge on any atom is 0.314 e. The third-order valence-electron chi connectivity index (χ3n) is 3.66. The van der Waals surface area contributed by atoms with E-state index in [-0.39, 0.29) is 6.61 Å². The minimum atomic E-state index is -3.46. The van der Waals surface area contributed by atoms with E-state index < -0.39 is 32.4 Å². The van der Waals surface area contributed by atoms with Gasteiger partial charge in [0, 0.05) is 19.3 Å². The Labute approximate surface area is 112 Å². The van der Waals surface area contributed by atoms with E-state index in [0.29, 0.717) is 0 Å². The van der Waals surface area contributed by atoms with Gasteiger partial charge in [0.1, 0.15) is 5.41 Å². The molecule has 0 saturated heterocycles. The minimum Gasteiger partial charge on any atom is -0.481 e. The van der Waals surface area contributed by atoms with Gasteiger partial charge in [0.25, 0.3) is 0 Å². The molecule has 0 aromatic heterocycles. The molecule has 2 rings (SSSR count). The monoisotopic (exact) mass is 284 g/mol. The molecule has 6 heteroatoms. The van der Waals surface area contributed by atoms with Crippen molar-refractivity contribution in [2.45, 2.75) is 11.2 Å². The van der Waals surface area contributed by atoms with Crippen molar-refractivity contribution in [1.82, 2.24) is 0 Å². The molecule has 0 unspecified atom stereocenters. The van der Waals surface area contributed by atoms with Gasteiger partial charge >= 0.3 is 5.97 Å². The third-order valence-corrected chi connectivity index (χ3v) is 5.27. The molecule has 1 aromatic rings. The fourth-order valence-corrected chi connectivity index (χ4v) is 4.79. The van der Waals surface area contributed by atoms with E-state index in [2.05, 4.69) is 0 Å². The maximum absolute atomic E-state index is 11.9. The van der Waals surface area contributed by atoms with Crippen LogP contribution in [0.3, 0.4) is 0 Å². The summed E-state index contributed by atoms with van der Waals surface area (Å²) < 4.78 is 28.7. The first kappa shape index (κ1) is 14.0. The SMILES string of the molecule is COC[C@]1(C(=O)O)[C@H](c2ccccc2)[C@@H]1S(C)(=O)=O. The van der Waals surface area contributed by atoms with Gasteiger partial charge in [0.05, 0.1) is 11.9 Å². The molecule has 0 spiro atoms. The van der Waals surface area contributed by atoms with Crippen molar-refractivity contribution < 1.29 is 23.1 Å². The molecule has 3 atom stereocenters. The van der Waals surface area contributed by atoms with E-state index in [4.69, 9.17) is 4.74 Å². The van der Waals surface area contributed by atoms with E-state index in [1.165, 1.54) is 7.11 Å². The second kappa shape index (κ2) is 4.61. The first-order chi connectivity index (χ1) is 8.85. The molecule has 1 saturated carbocycles. The topological polar surface area (TPSA) is 80.7 Å². The predicted molar refractivity (Wildman–Crippen MR) is 69.8 cm³/mol. The zero-order chi connectivity index (χ0) is 14.3. The van der Waals surface area contributed by atoms with Gasteiger partial charge in [0.15, 0.2) is 9.84 Å². The quantitative estimate of drug-likeness (QED) is 0.869. The highest BCUT2D eigenvalue weighted by Crippen LogP contribution is 2.63. The average Bonchev–Trinajstić information content (AvgIpc) is 3.01. The summed E-state index contributed by atoms with van der Waals surface area (Å²) in [4.78, 5) is 11.6. The number of aliphatic carboxylic acids is 1. The van der Waals surface area contributed by atoms with Gasteiger partial charge in [-0.1, -0.05) is 30.3 Å². The fraction of sp³-hybridized carbons (Fsp3) is 0.462. The lowest BCUT2D eigenvalue weighted by atomic mass is 10.0. The van der Waals surface area contributed by atoms with Gasteiger partial charge in [-0.15, -0.1) is 0 Å². The third kappa shape index (κ3) is 2.15. The molecule has 1 N–H and O–H groups in total. The van der Waals surface area contributed by atoms with Gasteiger partial charge in [0.2, 0.25) is 0 Å². The van der Waals surface area contributed by atoms with E-state index in [1.807, 2.05) is 0 Å². The minimum absolute atomic E-state index is 0.111. The Hall–Kier alpha value is -1.40. The first-order valence-electron chi connectivity index (χ1n) is 5.82. The normalized spacial score (nSPS) is 30.0. The van der Waals surface area contributed by atoms with Crippen molar-refractivity contribution >= 4 is 15.8 Å². The highest BCUT2D eigenvalue weighted by Gasteiger charge is 2.74. The number of sulfone groups is 1. The molecular weight excluding hydrogens is 268 g/mol. The zero-order valence-electron chi connectivity index (χ0n) is 10.7. The number of carboxylic acids is 1. The van der Waals surface area contributed by atoms with Crippen LogP contribution in [0.1, 0.15) is 11.5 Å². The molecule has 0 radical (unpaired) electrons. The molecular formula is C13H16O5S. The Morgan fingerprint density at radius 1 is 1.37 bits per heavy atom. The van der Waals surface area contributed by atoms with Gasteiger partial charge < -0.3 is 9.84 Å². The summed E-state index contributed by atoms with van der Waals surface area (Å²) in [5.41, 5.74) is -0.652. The Balaban J connectivity index is 2.50. The van der Waals surface area contributed by atoms with Crippen LogP contribution in [0.15, 0.2) is 30.3 Å². The van der Waals surface area contributed by atoms with E-state index in [1.54, 1.807) is 30.3 Å². The van der Waals surface area contributed by atoms with Gasteiger partial charge in [-0.2, -0.15) is 0 Å². The van der Waals surface area contributed by atoms with Crippen LogP contribution < -0.4 is 0 Å². The smallest absolute Gasteiger partial charge is 0.314 e. The standard InChI is InChI=1S/C13H16O5S/c1-18-8-13(12(14)15)10(11(13)19(2,16)17)9-6-4-3-5-7-9/h3-7,10-11H,8H2,1-2H3,(H,14,15)/t10-,11+,13+/m1/s1. The number of carbonyl (C=O) groups is 1. The summed E-state index contributed by atoms with van der Waals surface area (Å²) in [6.07, 6.45) is 1.08. The molecule has 0 amide bonds. The van der Waals surface area contributed by atoms with Gasteiger partial charge in [-0.05, 0) is 5.56 Å². The van der Waals surface area contributed by atoms with E-state index >= 15 is 0 Å². The molecule has 0 bridgehead atoms. The van der Waals surface area contributed by atoms with Crippen LogP contribution in [-0.4, -0.2) is 44.7 Å². The van der Waals surface area contributed by atoms with Crippen LogP contribution in [0, 0.1) is 5.41 Å². The highest BCUT2D eigenvalue weighted by atomic mass is 32.2. The second-order valence-corrected chi connectivity index (χ2v) is 7.08. The summed E-state index contributed by atoms with van der Waals surface area (Å²) in [6.45, 7) is -0.111. The highest BCUT2D eigenvalue weighted by molar-refractivity contribution is 7.91. The number of hydrogen-bond donors (Lipinski definition) is 1. The van der Waals surface area contributed by atoms with Crippen LogP contribution in [0.4, 0.5) is 0 Å².